The van der Waals surface area contributed by atoms with Crippen molar-refractivity contribution in [2.75, 3.05) is 7.05 Å². The molecule has 6 nitrogen and oxygen atoms in total. The van der Waals surface area contributed by atoms with E-state index >= 15 is 0 Å². The molecule has 0 aromatic heterocycles. The molecular weight excluding hydrogens is 358 g/mol. The van der Waals surface area contributed by atoms with Gasteiger partial charge in [-0.05, 0) is 41.1 Å². The molecule has 0 saturated heterocycles. The van der Waals surface area contributed by atoms with E-state index < -0.39 is 16.1 Å². The molecule has 106 valence electrons. The molecule has 1 aromatic rings. The van der Waals surface area contributed by atoms with E-state index in [-0.39, 0.29) is 10.7 Å². The van der Waals surface area contributed by atoms with Crippen molar-refractivity contribution in [1.29, 1.82) is 0 Å². The quantitative estimate of drug-likeness (QED) is 0.366. The minimum atomic E-state index is -3.76. The first-order chi connectivity index (χ1) is 8.71. The van der Waals surface area contributed by atoms with Crippen LogP contribution < -0.4 is 5.73 Å². The molecule has 0 spiro atoms. The van der Waals surface area contributed by atoms with Gasteiger partial charge in [-0.1, -0.05) is 16.8 Å². The van der Waals surface area contributed by atoms with Crippen molar-refractivity contribution < 1.29 is 13.6 Å². The maximum absolute atomic E-state index is 12.3. The van der Waals surface area contributed by atoms with Crippen LogP contribution in [-0.2, 0) is 10.0 Å². The summed E-state index contributed by atoms with van der Waals surface area (Å²) >= 11 is 8.98. The predicted molar refractivity (Wildman–Crippen MR) is 77.0 cm³/mol. The zero-order valence-electron chi connectivity index (χ0n) is 10.2. The number of hydrogen-bond acceptors (Lipinski definition) is 4. The fraction of sp³-hybridized carbons (Fsp3) is 0.300. The Labute approximate surface area is 125 Å². The molecule has 1 rings (SSSR count). The lowest BCUT2D eigenvalue weighted by Crippen LogP contribution is -2.43. The number of oxime groups is 1. The number of likely N-dealkylation sites (N-methyl/N-ethyl adjacent to an activating group) is 1. The molecule has 0 saturated carbocycles. The highest BCUT2D eigenvalue weighted by Crippen LogP contribution is 2.27. The van der Waals surface area contributed by atoms with Gasteiger partial charge in [-0.2, -0.15) is 4.31 Å². The lowest BCUT2D eigenvalue weighted by Gasteiger charge is -2.23. The molecule has 0 heterocycles. The lowest BCUT2D eigenvalue weighted by atomic mass is 10.3. The molecule has 3 N–H and O–H groups in total. The summed E-state index contributed by atoms with van der Waals surface area (Å²) in [5, 5.41) is 11.8. The average molecular weight is 371 g/mol. The monoisotopic (exact) mass is 369 g/mol. The number of amidine groups is 1. The molecule has 1 aromatic carbocycles. The third kappa shape index (κ3) is 3.38. The summed E-state index contributed by atoms with van der Waals surface area (Å²) < 4.78 is 26.1. The molecule has 0 amide bonds. The summed E-state index contributed by atoms with van der Waals surface area (Å²) in [4.78, 5) is 0.0591. The van der Waals surface area contributed by atoms with Gasteiger partial charge in [0.1, 0.15) is 0 Å². The maximum Gasteiger partial charge on any atom is 0.243 e. The Morgan fingerprint density at radius 2 is 2.16 bits per heavy atom. The van der Waals surface area contributed by atoms with E-state index in [0.717, 1.165) is 4.31 Å². The van der Waals surface area contributed by atoms with Crippen LogP contribution in [0.4, 0.5) is 0 Å². The zero-order valence-corrected chi connectivity index (χ0v) is 13.4. The van der Waals surface area contributed by atoms with Crippen molar-refractivity contribution in [3.05, 3.63) is 27.7 Å². The molecular formula is C10H13BrClN3O3S. The average Bonchev–Trinajstić information content (AvgIpc) is 2.38. The Morgan fingerprint density at radius 3 is 2.63 bits per heavy atom. The van der Waals surface area contributed by atoms with Crippen LogP contribution in [0.1, 0.15) is 6.92 Å². The van der Waals surface area contributed by atoms with Gasteiger partial charge in [0, 0.05) is 11.5 Å². The number of nitrogens with two attached hydrogens (primary N) is 1. The number of benzene rings is 1. The van der Waals surface area contributed by atoms with Gasteiger partial charge in [0.25, 0.3) is 0 Å². The fourth-order valence-electron chi connectivity index (χ4n) is 1.28. The number of halogens is 2. The van der Waals surface area contributed by atoms with Crippen LogP contribution in [0.15, 0.2) is 32.7 Å². The van der Waals surface area contributed by atoms with E-state index in [9.17, 15) is 8.42 Å². The Bertz CT molecular complexity index is 606. The Kier molecular flexibility index (Phi) is 5.19. The first-order valence-corrected chi connectivity index (χ1v) is 7.73. The zero-order chi connectivity index (χ0) is 14.8. The van der Waals surface area contributed by atoms with E-state index in [4.69, 9.17) is 22.5 Å². The Morgan fingerprint density at radius 1 is 1.58 bits per heavy atom. The van der Waals surface area contributed by atoms with Crippen molar-refractivity contribution in [2.24, 2.45) is 10.9 Å². The lowest BCUT2D eigenvalue weighted by molar-refractivity contribution is 0.311. The van der Waals surface area contributed by atoms with Gasteiger partial charge in [0.05, 0.1) is 16.0 Å². The SMILES string of the molecule is CC(/C(N)=N/O)N(C)S(=O)(=O)c1ccc(Cl)c(Br)c1. The predicted octanol–water partition coefficient (Wildman–Crippen LogP) is 1.86. The summed E-state index contributed by atoms with van der Waals surface area (Å²) in [6.07, 6.45) is 0. The van der Waals surface area contributed by atoms with Crippen LogP contribution in [-0.4, -0.2) is 36.9 Å². The molecule has 0 aliphatic heterocycles. The molecule has 0 bridgehead atoms. The van der Waals surface area contributed by atoms with Crippen LogP contribution in [0.3, 0.4) is 0 Å². The fourth-order valence-corrected chi connectivity index (χ4v) is 3.29. The van der Waals surface area contributed by atoms with E-state index in [1.807, 2.05) is 0 Å². The Hall–Kier alpha value is -0.830. The second kappa shape index (κ2) is 6.08. The molecule has 19 heavy (non-hydrogen) atoms. The highest BCUT2D eigenvalue weighted by Gasteiger charge is 2.28. The Balaban J connectivity index is 3.20. The minimum Gasteiger partial charge on any atom is -0.409 e. The normalized spacial score (nSPS) is 14.7. The van der Waals surface area contributed by atoms with Crippen molar-refractivity contribution in [3.63, 3.8) is 0 Å². The number of nitrogens with zero attached hydrogens (tertiary/aromatic N) is 2. The summed E-state index contributed by atoms with van der Waals surface area (Å²) in [6, 6.07) is 3.48. The van der Waals surface area contributed by atoms with E-state index in [0.29, 0.717) is 9.50 Å². The van der Waals surface area contributed by atoms with Gasteiger partial charge in [-0.25, -0.2) is 8.42 Å². The van der Waals surface area contributed by atoms with Gasteiger partial charge in [0.2, 0.25) is 10.0 Å². The van der Waals surface area contributed by atoms with Crippen LogP contribution in [0.25, 0.3) is 0 Å². The van der Waals surface area contributed by atoms with E-state index in [1.54, 1.807) is 0 Å². The first kappa shape index (κ1) is 16.2. The number of hydrogen-bond donors (Lipinski definition) is 2. The molecule has 0 aliphatic carbocycles. The van der Waals surface area contributed by atoms with Crippen LogP contribution >= 0.6 is 27.5 Å². The molecule has 0 aliphatic rings. The molecule has 0 radical (unpaired) electrons. The molecule has 1 atom stereocenters. The van der Waals surface area contributed by atoms with E-state index in [2.05, 4.69) is 21.1 Å². The summed E-state index contributed by atoms with van der Waals surface area (Å²) in [5.74, 6) is -0.195. The third-order valence-corrected chi connectivity index (χ3v) is 5.80. The van der Waals surface area contributed by atoms with E-state index in [1.165, 1.54) is 32.2 Å². The number of sulfonamides is 1. The standard InChI is InChI=1S/C10H13BrClN3O3S/c1-6(10(13)14-16)15(2)19(17,18)7-3-4-9(12)8(11)5-7/h3-6,16H,1-2H3,(H2,13,14). The van der Waals surface area contributed by atoms with Crippen molar-refractivity contribution in [2.45, 2.75) is 17.9 Å². The maximum atomic E-state index is 12.3. The number of rotatable bonds is 4. The van der Waals surface area contributed by atoms with Crippen molar-refractivity contribution in [1.82, 2.24) is 4.31 Å². The third-order valence-electron chi connectivity index (χ3n) is 2.66. The van der Waals surface area contributed by atoms with Gasteiger partial charge in [-0.15, -0.1) is 0 Å². The van der Waals surface area contributed by atoms with Gasteiger partial charge < -0.3 is 10.9 Å². The summed E-state index contributed by atoms with van der Waals surface area (Å²) in [6.45, 7) is 1.51. The highest BCUT2D eigenvalue weighted by atomic mass is 79.9. The van der Waals surface area contributed by atoms with Crippen LogP contribution in [0.5, 0.6) is 0 Å². The smallest absolute Gasteiger partial charge is 0.243 e. The topological polar surface area (TPSA) is 96.0 Å². The second-order valence-electron chi connectivity index (χ2n) is 3.80. The highest BCUT2D eigenvalue weighted by molar-refractivity contribution is 9.10. The largest absolute Gasteiger partial charge is 0.409 e. The van der Waals surface area contributed by atoms with Gasteiger partial charge >= 0.3 is 0 Å². The van der Waals surface area contributed by atoms with Crippen molar-refractivity contribution in [3.8, 4) is 0 Å². The van der Waals surface area contributed by atoms with Crippen LogP contribution in [0, 0.1) is 0 Å². The van der Waals surface area contributed by atoms with Gasteiger partial charge in [-0.3, -0.25) is 0 Å². The second-order valence-corrected chi connectivity index (χ2v) is 7.06. The van der Waals surface area contributed by atoms with Gasteiger partial charge in [0.15, 0.2) is 5.84 Å². The minimum absolute atomic E-state index is 0.0591. The summed E-state index contributed by atoms with van der Waals surface area (Å²) in [7, 11) is -2.41. The first-order valence-electron chi connectivity index (χ1n) is 5.12. The van der Waals surface area contributed by atoms with Crippen LogP contribution in [0.2, 0.25) is 5.02 Å². The molecule has 1 unspecified atom stereocenters. The molecule has 9 heteroatoms. The molecule has 0 fully saturated rings. The summed E-state index contributed by atoms with van der Waals surface area (Å²) in [5.41, 5.74) is 5.41. The van der Waals surface area contributed by atoms with Crippen molar-refractivity contribution >= 4 is 43.4 Å².